The molecule has 1 aromatic carbocycles. The van der Waals surface area contributed by atoms with Crippen LogP contribution in [0.25, 0.3) is 0 Å². The highest BCUT2D eigenvalue weighted by Crippen LogP contribution is 2.29. The van der Waals surface area contributed by atoms with Crippen LogP contribution < -0.4 is 4.90 Å². The maximum Gasteiger partial charge on any atom is 0.0640 e. The summed E-state index contributed by atoms with van der Waals surface area (Å²) in [7, 11) is 0. The Morgan fingerprint density at radius 1 is 1.06 bits per heavy atom. The lowest BCUT2D eigenvalue weighted by Gasteiger charge is -2.36. The lowest BCUT2D eigenvalue weighted by molar-refractivity contribution is 0.259. The number of rotatable bonds is 4. The third-order valence-corrected chi connectivity index (χ3v) is 4.05. The Kier molecular flexibility index (Phi) is 5.43. The van der Waals surface area contributed by atoms with Crippen molar-refractivity contribution in [2.24, 2.45) is 0 Å². The van der Waals surface area contributed by atoms with E-state index in [1.807, 2.05) is 18.2 Å². The minimum atomic E-state index is 0.735. The number of alkyl halides is 1. The summed E-state index contributed by atoms with van der Waals surface area (Å²) >= 11 is 18.0. The summed E-state index contributed by atoms with van der Waals surface area (Å²) in [6.45, 7) is 5.17. The van der Waals surface area contributed by atoms with E-state index in [1.165, 1.54) is 0 Å². The van der Waals surface area contributed by atoms with Crippen LogP contribution in [0.1, 0.15) is 6.42 Å². The topological polar surface area (TPSA) is 6.48 Å². The lowest BCUT2D eigenvalue weighted by Crippen LogP contribution is -2.46. The number of anilines is 1. The Bertz CT molecular complexity index is 390. The monoisotopic (exact) mass is 306 g/mol. The average molecular weight is 308 g/mol. The summed E-state index contributed by atoms with van der Waals surface area (Å²) in [5, 5.41) is 1.51. The van der Waals surface area contributed by atoms with E-state index in [9.17, 15) is 0 Å². The van der Waals surface area contributed by atoms with Crippen molar-refractivity contribution in [1.82, 2.24) is 4.90 Å². The molecule has 0 radical (unpaired) electrons. The molecule has 0 unspecified atom stereocenters. The van der Waals surface area contributed by atoms with Crippen LogP contribution in [0.15, 0.2) is 18.2 Å². The average Bonchev–Trinajstić information content (AvgIpc) is 2.40. The van der Waals surface area contributed by atoms with Crippen LogP contribution in [0.4, 0.5) is 5.69 Å². The van der Waals surface area contributed by atoms with Crippen molar-refractivity contribution < 1.29 is 0 Å². The van der Waals surface area contributed by atoms with Crippen LogP contribution in [-0.2, 0) is 0 Å². The van der Waals surface area contributed by atoms with Gasteiger partial charge in [0.15, 0.2) is 0 Å². The summed E-state index contributed by atoms with van der Waals surface area (Å²) in [5.41, 5.74) is 1.04. The molecule has 1 aliphatic heterocycles. The molecule has 0 bridgehead atoms. The van der Waals surface area contributed by atoms with Crippen LogP contribution >= 0.6 is 34.8 Å². The third kappa shape index (κ3) is 3.67. The Labute approximate surface area is 123 Å². The van der Waals surface area contributed by atoms with Gasteiger partial charge in [-0.1, -0.05) is 23.2 Å². The molecule has 1 saturated heterocycles. The van der Waals surface area contributed by atoms with Crippen molar-refractivity contribution in [3.05, 3.63) is 28.2 Å². The molecule has 0 aliphatic carbocycles. The van der Waals surface area contributed by atoms with Crippen LogP contribution in [0.5, 0.6) is 0 Å². The van der Waals surface area contributed by atoms with E-state index < -0.39 is 0 Å². The molecule has 2 rings (SSSR count). The highest BCUT2D eigenvalue weighted by molar-refractivity contribution is 6.35. The van der Waals surface area contributed by atoms with E-state index in [1.54, 1.807) is 0 Å². The fourth-order valence-corrected chi connectivity index (χ4v) is 2.75. The first-order valence-electron chi connectivity index (χ1n) is 6.19. The molecular formula is C13H17Cl3N2. The van der Waals surface area contributed by atoms with Gasteiger partial charge in [0.25, 0.3) is 0 Å². The molecule has 18 heavy (non-hydrogen) atoms. The molecule has 100 valence electrons. The Balaban J connectivity index is 1.94. The number of hydrogen-bond acceptors (Lipinski definition) is 2. The molecule has 1 heterocycles. The maximum atomic E-state index is 6.22. The van der Waals surface area contributed by atoms with Gasteiger partial charge < -0.3 is 4.90 Å². The van der Waals surface area contributed by atoms with Gasteiger partial charge in [0.1, 0.15) is 0 Å². The van der Waals surface area contributed by atoms with E-state index in [0.29, 0.717) is 0 Å². The van der Waals surface area contributed by atoms with E-state index >= 15 is 0 Å². The highest BCUT2D eigenvalue weighted by Gasteiger charge is 2.18. The summed E-state index contributed by atoms with van der Waals surface area (Å²) < 4.78 is 0. The second-order valence-corrected chi connectivity index (χ2v) is 5.69. The van der Waals surface area contributed by atoms with Crippen LogP contribution in [0, 0.1) is 0 Å². The van der Waals surface area contributed by atoms with Gasteiger partial charge in [-0.15, -0.1) is 11.6 Å². The Morgan fingerprint density at radius 3 is 2.44 bits per heavy atom. The molecule has 0 aromatic heterocycles. The first-order chi connectivity index (χ1) is 8.70. The van der Waals surface area contributed by atoms with Crippen LogP contribution in [0.2, 0.25) is 10.0 Å². The second kappa shape index (κ2) is 6.85. The van der Waals surface area contributed by atoms with Crippen LogP contribution in [-0.4, -0.2) is 43.5 Å². The molecule has 0 spiro atoms. The molecule has 0 amide bonds. The minimum absolute atomic E-state index is 0.735. The van der Waals surface area contributed by atoms with E-state index in [-0.39, 0.29) is 0 Å². The van der Waals surface area contributed by atoms with E-state index in [2.05, 4.69) is 9.80 Å². The van der Waals surface area contributed by atoms with E-state index in [4.69, 9.17) is 34.8 Å². The normalized spacial score (nSPS) is 17.2. The van der Waals surface area contributed by atoms with Crippen molar-refractivity contribution >= 4 is 40.5 Å². The van der Waals surface area contributed by atoms with Crippen LogP contribution in [0.3, 0.4) is 0 Å². The molecule has 1 aliphatic rings. The Morgan fingerprint density at radius 2 is 1.78 bits per heavy atom. The zero-order valence-electron chi connectivity index (χ0n) is 10.2. The van der Waals surface area contributed by atoms with Gasteiger partial charge in [-0.05, 0) is 31.2 Å². The highest BCUT2D eigenvalue weighted by atomic mass is 35.5. The quantitative estimate of drug-likeness (QED) is 0.782. The maximum absolute atomic E-state index is 6.22. The number of piperazine rings is 1. The molecule has 0 atom stereocenters. The zero-order valence-corrected chi connectivity index (χ0v) is 12.5. The minimum Gasteiger partial charge on any atom is -0.368 e. The van der Waals surface area contributed by atoms with Gasteiger partial charge in [-0.25, -0.2) is 0 Å². The summed E-state index contributed by atoms with van der Waals surface area (Å²) in [5.74, 6) is 0.736. The number of benzene rings is 1. The molecule has 5 heteroatoms. The standard InChI is InChI=1S/C13H17Cl3N2/c14-4-1-5-17-6-8-18(9-7-17)13-10-11(15)2-3-12(13)16/h2-3,10H,1,4-9H2. The fraction of sp³-hybridized carbons (Fsp3) is 0.538. The van der Waals surface area contributed by atoms with Gasteiger partial charge in [-0.2, -0.15) is 0 Å². The van der Waals surface area contributed by atoms with Crippen molar-refractivity contribution in [3.8, 4) is 0 Å². The lowest BCUT2D eigenvalue weighted by atomic mass is 10.2. The van der Waals surface area contributed by atoms with Crippen molar-refractivity contribution in [2.75, 3.05) is 43.5 Å². The van der Waals surface area contributed by atoms with E-state index in [0.717, 1.165) is 60.8 Å². The largest absolute Gasteiger partial charge is 0.368 e. The van der Waals surface area contributed by atoms with Crippen molar-refractivity contribution in [3.63, 3.8) is 0 Å². The second-order valence-electron chi connectivity index (χ2n) is 4.47. The summed E-state index contributed by atoms with van der Waals surface area (Å²) in [6.07, 6.45) is 1.06. The molecule has 0 saturated carbocycles. The van der Waals surface area contributed by atoms with Crippen molar-refractivity contribution in [1.29, 1.82) is 0 Å². The first kappa shape index (κ1) is 14.3. The SMILES string of the molecule is ClCCCN1CCN(c2cc(Cl)ccc2Cl)CC1. The molecule has 2 nitrogen and oxygen atoms in total. The predicted molar refractivity (Wildman–Crippen MR) is 80.5 cm³/mol. The predicted octanol–water partition coefficient (Wildman–Crippen LogP) is 3.74. The van der Waals surface area contributed by atoms with Gasteiger partial charge in [0, 0.05) is 37.1 Å². The van der Waals surface area contributed by atoms with Gasteiger partial charge in [0.2, 0.25) is 0 Å². The molecule has 0 N–H and O–H groups in total. The number of nitrogens with zero attached hydrogens (tertiary/aromatic N) is 2. The van der Waals surface area contributed by atoms with Gasteiger partial charge in [0.05, 0.1) is 10.7 Å². The Hall–Kier alpha value is -0.150. The summed E-state index contributed by atoms with van der Waals surface area (Å²) in [4.78, 5) is 4.74. The van der Waals surface area contributed by atoms with Gasteiger partial charge in [-0.3, -0.25) is 4.90 Å². The first-order valence-corrected chi connectivity index (χ1v) is 7.48. The number of hydrogen-bond donors (Lipinski definition) is 0. The molecule has 1 fully saturated rings. The van der Waals surface area contributed by atoms with Gasteiger partial charge >= 0.3 is 0 Å². The fourth-order valence-electron chi connectivity index (χ4n) is 2.22. The summed E-state index contributed by atoms with van der Waals surface area (Å²) in [6, 6.07) is 5.63. The smallest absolute Gasteiger partial charge is 0.0640 e. The zero-order chi connectivity index (χ0) is 13.0. The third-order valence-electron chi connectivity index (χ3n) is 3.23. The molecule has 1 aromatic rings. The molecular weight excluding hydrogens is 291 g/mol. The van der Waals surface area contributed by atoms with Crippen molar-refractivity contribution in [2.45, 2.75) is 6.42 Å². The number of halogens is 3.